The number of allylic oxidation sites excluding steroid dienone is 4. The van der Waals surface area contributed by atoms with Crippen molar-refractivity contribution >= 4 is 40.0 Å². The molecule has 0 saturated carbocycles. The average molecular weight is 540 g/mol. The molecule has 0 spiro atoms. The number of hydrogen-bond donors (Lipinski definition) is 2. The molecule has 3 aromatic rings. The summed E-state index contributed by atoms with van der Waals surface area (Å²) in [6.45, 7) is 5.01. The number of aryl methyl sites for hydroxylation is 1. The summed E-state index contributed by atoms with van der Waals surface area (Å²) in [5, 5.41) is 5.33. The summed E-state index contributed by atoms with van der Waals surface area (Å²) in [5.74, 6) is 3.40. The van der Waals surface area contributed by atoms with Crippen LogP contribution in [0.2, 0.25) is 5.02 Å². The monoisotopic (exact) mass is 539 g/mol. The number of benzene rings is 2. The van der Waals surface area contributed by atoms with Crippen molar-refractivity contribution in [1.82, 2.24) is 9.88 Å². The first-order chi connectivity index (χ1) is 18.1. The Morgan fingerprint density at radius 1 is 1.03 bits per heavy atom. The number of H-pyrrole nitrogens is 1. The summed E-state index contributed by atoms with van der Waals surface area (Å²) in [6, 6.07) is 12.5. The van der Waals surface area contributed by atoms with E-state index in [1.807, 2.05) is 18.2 Å². The molecule has 2 heterocycles. The molecule has 37 heavy (non-hydrogen) atoms. The van der Waals surface area contributed by atoms with Crippen molar-refractivity contribution in [1.29, 1.82) is 0 Å². The number of nitrogens with zero attached hydrogens (tertiary/aromatic N) is 1. The number of nitrogens with one attached hydrogen (secondary N) is 2. The molecule has 0 amide bonds. The van der Waals surface area contributed by atoms with E-state index in [1.54, 1.807) is 12.1 Å². The highest BCUT2D eigenvalue weighted by Crippen LogP contribution is 2.30. The van der Waals surface area contributed by atoms with Gasteiger partial charge in [0.1, 0.15) is 5.82 Å². The summed E-state index contributed by atoms with van der Waals surface area (Å²) >= 11 is 8.40. The summed E-state index contributed by atoms with van der Waals surface area (Å²) in [4.78, 5) is 6.12. The molecule has 2 N–H and O–H groups in total. The number of anilines is 1. The zero-order chi connectivity index (χ0) is 25.5. The van der Waals surface area contributed by atoms with Crippen LogP contribution in [0.15, 0.2) is 65.9 Å². The van der Waals surface area contributed by atoms with Gasteiger partial charge in [-0.25, -0.2) is 4.39 Å². The third kappa shape index (κ3) is 7.34. The Kier molecular flexibility index (Phi) is 9.14. The highest BCUT2D eigenvalue weighted by molar-refractivity contribution is 7.99. The number of fused-ring (bicyclic) bond motifs is 1. The van der Waals surface area contributed by atoms with Crippen molar-refractivity contribution < 1.29 is 9.13 Å². The third-order valence-corrected chi connectivity index (χ3v) is 8.35. The van der Waals surface area contributed by atoms with E-state index in [4.69, 9.17) is 16.3 Å². The maximum atomic E-state index is 13.3. The second-order valence-corrected chi connectivity index (χ2v) is 11.4. The summed E-state index contributed by atoms with van der Waals surface area (Å²) in [5.41, 5.74) is 5.87. The Morgan fingerprint density at radius 2 is 1.86 bits per heavy atom. The quantitative estimate of drug-likeness (QED) is 0.247. The van der Waals surface area contributed by atoms with Crippen LogP contribution in [0.25, 0.3) is 10.9 Å². The van der Waals surface area contributed by atoms with Crippen molar-refractivity contribution in [2.75, 3.05) is 43.1 Å². The van der Waals surface area contributed by atoms with E-state index in [1.165, 1.54) is 53.3 Å². The fraction of sp³-hybridized carbons (Fsp3) is 0.400. The number of ether oxygens (including phenoxy) is 1. The van der Waals surface area contributed by atoms with Gasteiger partial charge < -0.3 is 19.9 Å². The van der Waals surface area contributed by atoms with Crippen molar-refractivity contribution in [2.24, 2.45) is 0 Å². The molecule has 5 rings (SSSR count). The Bertz CT molecular complexity index is 1250. The van der Waals surface area contributed by atoms with Gasteiger partial charge in [-0.15, -0.1) is 0 Å². The minimum absolute atomic E-state index is 0.230. The minimum atomic E-state index is -0.230. The molecule has 0 unspecified atom stereocenters. The average Bonchev–Trinajstić information content (AvgIpc) is 3.27. The van der Waals surface area contributed by atoms with E-state index < -0.39 is 0 Å². The van der Waals surface area contributed by atoms with Gasteiger partial charge in [0.25, 0.3) is 0 Å². The molecular weight excluding hydrogens is 505 g/mol. The van der Waals surface area contributed by atoms with E-state index in [9.17, 15) is 4.39 Å². The van der Waals surface area contributed by atoms with Crippen LogP contribution in [0.1, 0.15) is 36.9 Å². The standard InChI is InChI=1S/C30H35ClFN3OS/c31-23-5-13-29-28(20-23)27(30(34-29)21-33-25-8-6-24(32)7-9-25)12-4-22-2-10-26(11-3-22)36-17-1-14-35-15-18-37-19-16-35/h2,5-10,13,20,33-34H,1,3-4,11-12,14-19,21H2. The lowest BCUT2D eigenvalue weighted by Gasteiger charge is -2.26. The fourth-order valence-corrected chi connectivity index (χ4v) is 6.21. The van der Waals surface area contributed by atoms with Crippen molar-refractivity contribution in [3.8, 4) is 0 Å². The topological polar surface area (TPSA) is 40.3 Å². The molecule has 1 aliphatic carbocycles. The first kappa shape index (κ1) is 26.2. The number of aromatic amines is 1. The van der Waals surface area contributed by atoms with Crippen LogP contribution in [0.3, 0.4) is 0 Å². The molecule has 1 fully saturated rings. The van der Waals surface area contributed by atoms with Crippen LogP contribution in [-0.2, 0) is 17.7 Å². The van der Waals surface area contributed by atoms with E-state index >= 15 is 0 Å². The van der Waals surface area contributed by atoms with E-state index in [0.29, 0.717) is 6.54 Å². The maximum Gasteiger partial charge on any atom is 0.123 e. The molecule has 1 saturated heterocycles. The molecule has 196 valence electrons. The molecule has 4 nitrogen and oxygen atoms in total. The second-order valence-electron chi connectivity index (χ2n) is 9.75. The number of halogens is 2. The zero-order valence-corrected chi connectivity index (χ0v) is 22.8. The van der Waals surface area contributed by atoms with Gasteiger partial charge in [-0.2, -0.15) is 11.8 Å². The highest BCUT2D eigenvalue weighted by atomic mass is 35.5. The zero-order valence-electron chi connectivity index (χ0n) is 21.2. The van der Waals surface area contributed by atoms with Gasteiger partial charge in [0.2, 0.25) is 0 Å². The molecule has 1 aromatic heterocycles. The van der Waals surface area contributed by atoms with Crippen LogP contribution in [0.5, 0.6) is 0 Å². The third-order valence-electron chi connectivity index (χ3n) is 7.17. The fourth-order valence-electron chi connectivity index (χ4n) is 5.06. The van der Waals surface area contributed by atoms with Gasteiger partial charge in [0, 0.05) is 64.9 Å². The molecular formula is C30H35ClFN3OS. The summed E-state index contributed by atoms with van der Waals surface area (Å²) < 4.78 is 19.4. The lowest BCUT2D eigenvalue weighted by molar-refractivity contribution is 0.178. The minimum Gasteiger partial charge on any atom is -0.498 e. The molecule has 1 aliphatic heterocycles. The molecule has 2 aliphatic rings. The molecule has 7 heteroatoms. The second kappa shape index (κ2) is 12.9. The normalized spacial score (nSPS) is 16.5. The SMILES string of the molecule is Fc1ccc(NCc2[nH]c3ccc(Cl)cc3c2CCC2=CC=C(OCCCN3CCSCC3)CC2)cc1. The largest absolute Gasteiger partial charge is 0.498 e. The van der Waals surface area contributed by atoms with Gasteiger partial charge >= 0.3 is 0 Å². The van der Waals surface area contributed by atoms with Gasteiger partial charge in [-0.1, -0.05) is 23.3 Å². The van der Waals surface area contributed by atoms with E-state index in [2.05, 4.69) is 39.1 Å². The Balaban J connectivity index is 1.17. The van der Waals surface area contributed by atoms with Crippen LogP contribution in [0.4, 0.5) is 10.1 Å². The number of thioether (sulfide) groups is 1. The first-order valence-electron chi connectivity index (χ1n) is 13.2. The van der Waals surface area contributed by atoms with Gasteiger partial charge in [-0.3, -0.25) is 0 Å². The maximum absolute atomic E-state index is 13.3. The van der Waals surface area contributed by atoms with E-state index in [-0.39, 0.29) is 5.82 Å². The van der Waals surface area contributed by atoms with Gasteiger partial charge in [-0.05, 0) is 79.8 Å². The Morgan fingerprint density at radius 3 is 2.65 bits per heavy atom. The smallest absolute Gasteiger partial charge is 0.123 e. The Hall–Kier alpha value is -2.41. The molecule has 2 aromatic carbocycles. The summed E-state index contributed by atoms with van der Waals surface area (Å²) in [7, 11) is 0. The van der Waals surface area contributed by atoms with Crippen molar-refractivity contribution in [3.63, 3.8) is 0 Å². The molecule has 0 bridgehead atoms. The summed E-state index contributed by atoms with van der Waals surface area (Å²) in [6.07, 6.45) is 9.46. The van der Waals surface area contributed by atoms with Crippen molar-refractivity contribution in [3.05, 3.63) is 88.0 Å². The van der Waals surface area contributed by atoms with Crippen LogP contribution in [-0.4, -0.2) is 47.6 Å². The highest BCUT2D eigenvalue weighted by Gasteiger charge is 2.15. The van der Waals surface area contributed by atoms with E-state index in [0.717, 1.165) is 72.9 Å². The molecule has 0 atom stereocenters. The number of rotatable bonds is 11. The predicted octanol–water partition coefficient (Wildman–Crippen LogP) is 7.56. The lowest BCUT2D eigenvalue weighted by Crippen LogP contribution is -2.33. The molecule has 0 radical (unpaired) electrons. The number of aromatic nitrogens is 1. The lowest BCUT2D eigenvalue weighted by atomic mass is 9.95. The number of hydrogen-bond acceptors (Lipinski definition) is 4. The Labute approximate surface area is 228 Å². The van der Waals surface area contributed by atoms with Crippen LogP contribution in [0, 0.1) is 5.82 Å². The van der Waals surface area contributed by atoms with Crippen LogP contribution < -0.4 is 5.32 Å². The first-order valence-corrected chi connectivity index (χ1v) is 14.8. The van der Waals surface area contributed by atoms with Gasteiger partial charge in [0.15, 0.2) is 0 Å². The van der Waals surface area contributed by atoms with Crippen LogP contribution >= 0.6 is 23.4 Å². The van der Waals surface area contributed by atoms with Gasteiger partial charge in [0.05, 0.1) is 18.9 Å². The predicted molar refractivity (Wildman–Crippen MR) is 155 cm³/mol. The van der Waals surface area contributed by atoms with Crippen molar-refractivity contribution in [2.45, 2.75) is 38.6 Å².